The monoisotopic (exact) mass is 300 g/mol. The summed E-state index contributed by atoms with van der Waals surface area (Å²) in [4.78, 5) is 2.39. The molecular weight excluding hydrogens is 276 g/mol. The highest BCUT2D eigenvalue weighted by Crippen LogP contribution is 2.16. The summed E-state index contributed by atoms with van der Waals surface area (Å²) in [5.41, 5.74) is 2.23. The van der Waals surface area contributed by atoms with Crippen LogP contribution in [-0.2, 0) is 6.54 Å². The maximum Gasteiger partial charge on any atom is 0.121 e. The van der Waals surface area contributed by atoms with Crippen LogP contribution in [0.15, 0.2) is 36.7 Å². The molecule has 5 nitrogen and oxygen atoms in total. The van der Waals surface area contributed by atoms with Gasteiger partial charge in [0, 0.05) is 30.4 Å². The lowest BCUT2D eigenvalue weighted by atomic mass is 10.1. The third kappa shape index (κ3) is 3.67. The molecule has 2 heterocycles. The van der Waals surface area contributed by atoms with Gasteiger partial charge in [0.15, 0.2) is 0 Å². The van der Waals surface area contributed by atoms with E-state index < -0.39 is 0 Å². The number of nitrogens with one attached hydrogen (secondary N) is 1. The molecule has 0 unspecified atom stereocenters. The standard InChI is InChI=1S/C17H24N4O/c1-20-8-6-15(7-9-20)18-11-14-12-19-21(13-14)16-4-3-5-17(10-16)22-2/h3-5,10,12-13,15,18H,6-9,11H2,1-2H3. The minimum absolute atomic E-state index is 0.622. The molecule has 0 radical (unpaired) electrons. The SMILES string of the molecule is COc1cccc(-n2cc(CNC3CCN(C)CC3)cn2)c1. The fraction of sp³-hybridized carbons (Fsp3) is 0.471. The molecule has 0 spiro atoms. The molecule has 5 heteroatoms. The maximum absolute atomic E-state index is 5.26. The van der Waals surface area contributed by atoms with Crippen LogP contribution in [-0.4, -0.2) is 48.0 Å². The van der Waals surface area contributed by atoms with Gasteiger partial charge in [0.1, 0.15) is 5.75 Å². The smallest absolute Gasteiger partial charge is 0.121 e. The van der Waals surface area contributed by atoms with Gasteiger partial charge in [-0.15, -0.1) is 0 Å². The van der Waals surface area contributed by atoms with E-state index in [1.54, 1.807) is 7.11 Å². The maximum atomic E-state index is 5.26. The van der Waals surface area contributed by atoms with Crippen LogP contribution in [0.25, 0.3) is 5.69 Å². The zero-order valence-corrected chi connectivity index (χ0v) is 13.3. The number of hydrogen-bond donors (Lipinski definition) is 1. The van der Waals surface area contributed by atoms with E-state index in [9.17, 15) is 0 Å². The molecule has 0 bridgehead atoms. The predicted molar refractivity (Wildman–Crippen MR) is 87.5 cm³/mol. The fourth-order valence-corrected chi connectivity index (χ4v) is 2.82. The molecule has 0 amide bonds. The van der Waals surface area contributed by atoms with Crippen molar-refractivity contribution in [2.75, 3.05) is 27.2 Å². The summed E-state index contributed by atoms with van der Waals surface area (Å²) in [6.07, 6.45) is 6.46. The van der Waals surface area contributed by atoms with Gasteiger partial charge >= 0.3 is 0 Å². The lowest BCUT2D eigenvalue weighted by Gasteiger charge is -2.29. The van der Waals surface area contributed by atoms with Crippen molar-refractivity contribution in [1.29, 1.82) is 0 Å². The Hall–Kier alpha value is -1.85. The predicted octanol–water partition coefficient (Wildman–Crippen LogP) is 2.06. The van der Waals surface area contributed by atoms with Crippen LogP contribution in [0.2, 0.25) is 0 Å². The van der Waals surface area contributed by atoms with Crippen molar-refractivity contribution in [3.63, 3.8) is 0 Å². The number of nitrogens with zero attached hydrogens (tertiary/aromatic N) is 3. The van der Waals surface area contributed by atoms with Gasteiger partial charge in [-0.2, -0.15) is 5.10 Å². The molecule has 1 aliphatic heterocycles. The van der Waals surface area contributed by atoms with E-state index in [0.29, 0.717) is 6.04 Å². The van der Waals surface area contributed by atoms with Gasteiger partial charge in [0.2, 0.25) is 0 Å². The summed E-state index contributed by atoms with van der Waals surface area (Å²) < 4.78 is 7.16. The number of rotatable bonds is 5. The first-order chi connectivity index (χ1) is 10.7. The second-order valence-corrected chi connectivity index (χ2v) is 5.95. The highest BCUT2D eigenvalue weighted by Gasteiger charge is 2.16. The number of aromatic nitrogens is 2. The van der Waals surface area contributed by atoms with Crippen LogP contribution in [0.1, 0.15) is 18.4 Å². The first-order valence-electron chi connectivity index (χ1n) is 7.84. The van der Waals surface area contributed by atoms with Gasteiger partial charge in [-0.3, -0.25) is 0 Å². The van der Waals surface area contributed by atoms with Gasteiger partial charge in [0.25, 0.3) is 0 Å². The summed E-state index contributed by atoms with van der Waals surface area (Å²) in [7, 11) is 3.87. The van der Waals surface area contributed by atoms with Crippen molar-refractivity contribution >= 4 is 0 Å². The summed E-state index contributed by atoms with van der Waals surface area (Å²) in [5.74, 6) is 0.846. The summed E-state index contributed by atoms with van der Waals surface area (Å²) in [6, 6.07) is 8.56. The molecule has 2 aromatic rings. The Kier molecular flexibility index (Phi) is 4.75. The van der Waals surface area contributed by atoms with Crippen LogP contribution in [0, 0.1) is 0 Å². The van der Waals surface area contributed by atoms with Crippen molar-refractivity contribution in [2.24, 2.45) is 0 Å². The Morgan fingerprint density at radius 3 is 2.91 bits per heavy atom. The molecular formula is C17H24N4O. The molecule has 1 aromatic heterocycles. The van der Waals surface area contributed by atoms with Gasteiger partial charge in [-0.05, 0) is 45.1 Å². The second-order valence-electron chi connectivity index (χ2n) is 5.95. The number of ether oxygens (including phenoxy) is 1. The fourth-order valence-electron chi connectivity index (χ4n) is 2.82. The van der Waals surface area contributed by atoms with Crippen molar-refractivity contribution in [3.8, 4) is 11.4 Å². The number of piperidine rings is 1. The number of benzene rings is 1. The van der Waals surface area contributed by atoms with Crippen LogP contribution in [0.5, 0.6) is 5.75 Å². The highest BCUT2D eigenvalue weighted by atomic mass is 16.5. The Balaban J connectivity index is 1.59. The molecule has 1 aromatic carbocycles. The van der Waals surface area contributed by atoms with E-state index in [0.717, 1.165) is 18.0 Å². The Bertz CT molecular complexity index is 602. The second kappa shape index (κ2) is 6.94. The first kappa shape index (κ1) is 15.1. The molecule has 1 fully saturated rings. The molecule has 1 aliphatic rings. The van der Waals surface area contributed by atoms with Gasteiger partial charge in [0.05, 0.1) is 19.0 Å². The molecule has 0 aliphatic carbocycles. The summed E-state index contributed by atoms with van der Waals surface area (Å²) >= 11 is 0. The Labute approximate surface area is 131 Å². The van der Waals surface area contributed by atoms with Gasteiger partial charge in [-0.1, -0.05) is 6.07 Å². The Morgan fingerprint density at radius 1 is 1.32 bits per heavy atom. The molecule has 3 rings (SSSR count). The van der Waals surface area contributed by atoms with Crippen molar-refractivity contribution in [3.05, 3.63) is 42.2 Å². The summed E-state index contributed by atoms with van der Waals surface area (Å²) in [6.45, 7) is 3.24. The lowest BCUT2D eigenvalue weighted by molar-refractivity contribution is 0.234. The molecule has 0 atom stereocenters. The average molecular weight is 300 g/mol. The minimum Gasteiger partial charge on any atom is -0.497 e. The van der Waals surface area contributed by atoms with Crippen molar-refractivity contribution in [2.45, 2.75) is 25.4 Å². The van der Waals surface area contributed by atoms with Gasteiger partial charge < -0.3 is 15.0 Å². The minimum atomic E-state index is 0.622. The van der Waals surface area contributed by atoms with E-state index >= 15 is 0 Å². The van der Waals surface area contributed by atoms with Crippen LogP contribution in [0.3, 0.4) is 0 Å². The molecule has 1 saturated heterocycles. The average Bonchev–Trinajstić information content (AvgIpc) is 3.03. The lowest BCUT2D eigenvalue weighted by Crippen LogP contribution is -2.40. The number of methoxy groups -OCH3 is 1. The third-order valence-corrected chi connectivity index (χ3v) is 4.27. The Morgan fingerprint density at radius 2 is 2.14 bits per heavy atom. The first-order valence-corrected chi connectivity index (χ1v) is 7.84. The quantitative estimate of drug-likeness (QED) is 0.918. The van der Waals surface area contributed by atoms with Crippen molar-refractivity contribution < 1.29 is 4.74 Å². The van der Waals surface area contributed by atoms with Crippen LogP contribution in [0.4, 0.5) is 0 Å². The van der Waals surface area contributed by atoms with E-state index in [1.807, 2.05) is 35.1 Å². The molecule has 0 saturated carbocycles. The van der Waals surface area contributed by atoms with E-state index in [1.165, 1.54) is 31.5 Å². The van der Waals surface area contributed by atoms with Crippen LogP contribution >= 0.6 is 0 Å². The van der Waals surface area contributed by atoms with Gasteiger partial charge in [-0.25, -0.2) is 4.68 Å². The van der Waals surface area contributed by atoms with Crippen LogP contribution < -0.4 is 10.1 Å². The van der Waals surface area contributed by atoms with E-state index in [2.05, 4.69) is 28.6 Å². The topological polar surface area (TPSA) is 42.3 Å². The number of likely N-dealkylation sites (tertiary alicyclic amines) is 1. The largest absolute Gasteiger partial charge is 0.497 e. The van der Waals surface area contributed by atoms with Crippen molar-refractivity contribution in [1.82, 2.24) is 20.0 Å². The molecule has 22 heavy (non-hydrogen) atoms. The zero-order chi connectivity index (χ0) is 15.4. The molecule has 118 valence electrons. The molecule has 1 N–H and O–H groups in total. The van der Waals surface area contributed by atoms with E-state index in [4.69, 9.17) is 4.74 Å². The zero-order valence-electron chi connectivity index (χ0n) is 13.3. The van der Waals surface area contributed by atoms with E-state index in [-0.39, 0.29) is 0 Å². The number of hydrogen-bond acceptors (Lipinski definition) is 4. The summed E-state index contributed by atoms with van der Waals surface area (Å²) in [5, 5.41) is 8.09. The normalized spacial score (nSPS) is 16.8. The highest BCUT2D eigenvalue weighted by molar-refractivity contribution is 5.38. The third-order valence-electron chi connectivity index (χ3n) is 4.27.